The number of hydrogen-bond acceptors (Lipinski definition) is 4. The van der Waals surface area contributed by atoms with E-state index in [2.05, 4.69) is 6.07 Å². The Balaban J connectivity index is 1.38. The number of carboxylic acid groups (broad SMARTS) is 1. The van der Waals surface area contributed by atoms with Gasteiger partial charge in [-0.05, 0) is 54.4 Å². The lowest BCUT2D eigenvalue weighted by atomic mass is 9.80. The maximum Gasteiger partial charge on any atom is 0.316 e. The largest absolute Gasteiger partial charge is 0.492 e. The fraction of sp³-hybridized carbons (Fsp3) is 0.192. The molecule has 4 rings (SSSR count). The van der Waals surface area contributed by atoms with Gasteiger partial charge in [-0.15, -0.1) is 0 Å². The van der Waals surface area contributed by atoms with Crippen LogP contribution in [0.1, 0.15) is 21.5 Å². The zero-order chi connectivity index (χ0) is 22.7. The van der Waals surface area contributed by atoms with Crippen molar-refractivity contribution < 1.29 is 19.4 Å². The first-order valence-electron chi connectivity index (χ1n) is 10.2. The molecule has 1 aliphatic heterocycles. The number of aliphatic carboxylic acids is 1. The highest BCUT2D eigenvalue weighted by atomic mass is 16.5. The molecule has 0 unspecified atom stereocenters. The van der Waals surface area contributed by atoms with Crippen LogP contribution in [0.4, 0.5) is 0 Å². The van der Waals surface area contributed by atoms with Crippen LogP contribution in [0.25, 0.3) is 11.1 Å². The smallest absolute Gasteiger partial charge is 0.316 e. The maximum absolute atomic E-state index is 12.6. The fourth-order valence-corrected chi connectivity index (χ4v) is 3.70. The second kappa shape index (κ2) is 8.56. The number of nitrogens with zero attached hydrogens (tertiary/aromatic N) is 2. The number of ether oxygens (including phenoxy) is 1. The van der Waals surface area contributed by atoms with Gasteiger partial charge >= 0.3 is 5.97 Å². The van der Waals surface area contributed by atoms with Crippen LogP contribution in [0.2, 0.25) is 0 Å². The number of carboxylic acids is 1. The molecule has 0 aromatic heterocycles. The molecule has 1 heterocycles. The Bertz CT molecular complexity index is 1170. The summed E-state index contributed by atoms with van der Waals surface area (Å²) in [6.45, 7) is 2.15. The Morgan fingerprint density at radius 2 is 1.53 bits per heavy atom. The van der Waals surface area contributed by atoms with Gasteiger partial charge in [0.1, 0.15) is 17.8 Å². The number of hydrogen-bond donors (Lipinski definition) is 1. The predicted molar refractivity (Wildman–Crippen MR) is 119 cm³/mol. The molecule has 1 saturated heterocycles. The van der Waals surface area contributed by atoms with Gasteiger partial charge in [-0.2, -0.15) is 5.26 Å². The Labute approximate surface area is 186 Å². The molecule has 160 valence electrons. The van der Waals surface area contributed by atoms with Gasteiger partial charge in [0.2, 0.25) is 0 Å². The van der Waals surface area contributed by atoms with Crippen LogP contribution in [-0.2, 0) is 4.79 Å². The molecule has 0 aliphatic carbocycles. The van der Waals surface area contributed by atoms with Gasteiger partial charge in [0.15, 0.2) is 0 Å². The van der Waals surface area contributed by atoms with Crippen LogP contribution in [0.3, 0.4) is 0 Å². The summed E-state index contributed by atoms with van der Waals surface area (Å²) in [5.74, 6) is -0.584. The first-order chi connectivity index (χ1) is 15.4. The van der Waals surface area contributed by atoms with E-state index in [1.165, 1.54) is 4.90 Å². The van der Waals surface area contributed by atoms with Crippen molar-refractivity contribution in [1.29, 1.82) is 5.26 Å². The number of rotatable bonds is 6. The highest BCUT2D eigenvalue weighted by Crippen LogP contribution is 2.33. The zero-order valence-electron chi connectivity index (χ0n) is 17.6. The Morgan fingerprint density at radius 3 is 2.06 bits per heavy atom. The van der Waals surface area contributed by atoms with E-state index in [-0.39, 0.29) is 25.6 Å². The molecule has 0 atom stereocenters. The van der Waals surface area contributed by atoms with Crippen molar-refractivity contribution in [2.24, 2.45) is 5.41 Å². The average Bonchev–Trinajstić information content (AvgIpc) is 2.79. The Hall–Kier alpha value is -4.11. The highest BCUT2D eigenvalue weighted by Gasteiger charge is 2.52. The number of amides is 1. The summed E-state index contributed by atoms with van der Waals surface area (Å²) >= 11 is 0. The van der Waals surface area contributed by atoms with Crippen molar-refractivity contribution in [3.63, 3.8) is 0 Å². The molecule has 1 fully saturated rings. The lowest BCUT2D eigenvalue weighted by Gasteiger charge is -2.46. The van der Waals surface area contributed by atoms with E-state index in [4.69, 9.17) is 10.00 Å². The predicted octanol–water partition coefficient (Wildman–Crippen LogP) is 4.14. The molecule has 0 bridgehead atoms. The third kappa shape index (κ3) is 4.19. The Kier molecular flexibility index (Phi) is 5.65. The second-order valence-corrected chi connectivity index (χ2v) is 8.11. The van der Waals surface area contributed by atoms with E-state index in [1.807, 2.05) is 43.3 Å². The molecule has 32 heavy (non-hydrogen) atoms. The van der Waals surface area contributed by atoms with Crippen LogP contribution in [0, 0.1) is 23.7 Å². The van der Waals surface area contributed by atoms with E-state index >= 15 is 0 Å². The van der Waals surface area contributed by atoms with Gasteiger partial charge in [0.25, 0.3) is 5.91 Å². The van der Waals surface area contributed by atoms with E-state index in [1.54, 1.807) is 36.4 Å². The fourth-order valence-electron chi connectivity index (χ4n) is 3.70. The molecule has 0 spiro atoms. The maximum atomic E-state index is 12.6. The van der Waals surface area contributed by atoms with E-state index in [9.17, 15) is 14.7 Å². The minimum atomic E-state index is -1.12. The quantitative estimate of drug-likeness (QED) is 0.640. The molecule has 3 aromatic carbocycles. The van der Waals surface area contributed by atoms with E-state index in [0.717, 1.165) is 16.7 Å². The summed E-state index contributed by atoms with van der Waals surface area (Å²) in [4.78, 5) is 26.1. The van der Waals surface area contributed by atoms with Gasteiger partial charge in [-0.25, -0.2) is 0 Å². The lowest BCUT2D eigenvalue weighted by Crippen LogP contribution is -2.64. The second-order valence-electron chi connectivity index (χ2n) is 8.11. The Morgan fingerprint density at radius 1 is 0.969 bits per heavy atom. The summed E-state index contributed by atoms with van der Waals surface area (Å²) in [5.41, 5.74) is 3.03. The molecular formula is C26H22N2O4. The summed E-state index contributed by atoms with van der Waals surface area (Å²) in [6.07, 6.45) is 0. The molecule has 1 aliphatic rings. The summed E-state index contributed by atoms with van der Waals surface area (Å²) in [5, 5.41) is 18.7. The number of likely N-dealkylation sites (tertiary alicyclic amines) is 1. The van der Waals surface area contributed by atoms with Gasteiger partial charge < -0.3 is 14.7 Å². The number of nitriles is 1. The van der Waals surface area contributed by atoms with Crippen molar-refractivity contribution in [2.45, 2.75) is 6.92 Å². The van der Waals surface area contributed by atoms with Crippen LogP contribution in [-0.4, -0.2) is 41.6 Å². The van der Waals surface area contributed by atoms with Gasteiger partial charge in [-0.3, -0.25) is 9.59 Å². The van der Waals surface area contributed by atoms with Crippen LogP contribution < -0.4 is 4.74 Å². The van der Waals surface area contributed by atoms with Crippen LogP contribution >= 0.6 is 0 Å². The standard InChI is InChI=1S/C26H22N2O4/c1-18-2-6-22(7-3-18)24(29)28-15-26(16-28,25(30)31)17-32-23-12-10-21(11-13-23)20-8-4-19(14-27)5-9-20/h2-13H,15-17H2,1H3,(H,30,31). The highest BCUT2D eigenvalue weighted by molar-refractivity contribution is 5.96. The monoisotopic (exact) mass is 426 g/mol. The van der Waals surface area contributed by atoms with Gasteiger partial charge in [-0.1, -0.05) is 42.0 Å². The average molecular weight is 426 g/mol. The molecule has 0 saturated carbocycles. The first kappa shape index (κ1) is 21.1. The topological polar surface area (TPSA) is 90.6 Å². The number of benzene rings is 3. The van der Waals surface area contributed by atoms with Crippen molar-refractivity contribution in [3.8, 4) is 22.9 Å². The van der Waals surface area contributed by atoms with E-state index in [0.29, 0.717) is 16.9 Å². The molecule has 6 nitrogen and oxygen atoms in total. The van der Waals surface area contributed by atoms with Crippen molar-refractivity contribution >= 4 is 11.9 Å². The third-order valence-corrected chi connectivity index (χ3v) is 5.74. The van der Waals surface area contributed by atoms with Gasteiger partial charge in [0.05, 0.1) is 11.6 Å². The first-order valence-corrected chi connectivity index (χ1v) is 10.2. The molecule has 3 aromatic rings. The van der Waals surface area contributed by atoms with Crippen LogP contribution in [0.15, 0.2) is 72.8 Å². The SMILES string of the molecule is Cc1ccc(C(=O)N2CC(COc3ccc(-c4ccc(C#N)cc4)cc3)(C(=O)O)C2)cc1. The number of carbonyl (C=O) groups excluding carboxylic acids is 1. The van der Waals surface area contributed by atoms with E-state index < -0.39 is 11.4 Å². The zero-order valence-corrected chi connectivity index (χ0v) is 17.6. The lowest BCUT2D eigenvalue weighted by molar-refractivity contribution is -0.161. The summed E-state index contributed by atoms with van der Waals surface area (Å²) < 4.78 is 5.79. The summed E-state index contributed by atoms with van der Waals surface area (Å²) in [7, 11) is 0. The van der Waals surface area contributed by atoms with Gasteiger partial charge in [0, 0.05) is 18.7 Å². The van der Waals surface area contributed by atoms with Crippen molar-refractivity contribution in [1.82, 2.24) is 4.90 Å². The van der Waals surface area contributed by atoms with Crippen LogP contribution in [0.5, 0.6) is 5.75 Å². The molecule has 0 radical (unpaired) electrons. The molecule has 1 N–H and O–H groups in total. The minimum Gasteiger partial charge on any atom is -0.492 e. The molecular weight excluding hydrogens is 404 g/mol. The number of aryl methyl sites for hydroxylation is 1. The third-order valence-electron chi connectivity index (χ3n) is 5.74. The van der Waals surface area contributed by atoms with Crippen molar-refractivity contribution in [2.75, 3.05) is 19.7 Å². The minimum absolute atomic E-state index is 0.0176. The van der Waals surface area contributed by atoms with Crippen molar-refractivity contribution in [3.05, 3.63) is 89.5 Å². The number of carbonyl (C=O) groups is 2. The molecule has 1 amide bonds. The molecule has 6 heteroatoms. The normalized spacial score (nSPS) is 14.2. The summed E-state index contributed by atoms with van der Waals surface area (Å²) in [6, 6.07) is 24.0.